The Balaban J connectivity index is 1.83. The minimum absolute atomic E-state index is 0.271. The maximum Gasteiger partial charge on any atom is 0.0450 e. The van der Waals surface area contributed by atoms with Crippen LogP contribution in [0.25, 0.3) is 0 Å². The first kappa shape index (κ1) is 9.82. The second kappa shape index (κ2) is 3.58. The quantitative estimate of drug-likeness (QED) is 0.875. The molecule has 0 atom stereocenters. The molecule has 2 nitrogen and oxygen atoms in total. The Kier molecular flexibility index (Phi) is 2.34. The lowest BCUT2D eigenvalue weighted by molar-refractivity contribution is 0.318. The number of rotatable bonds is 3. The highest BCUT2D eigenvalue weighted by atomic mass is 79.9. The van der Waals surface area contributed by atoms with Crippen molar-refractivity contribution in [3.05, 3.63) is 34.3 Å². The Morgan fingerprint density at radius 1 is 1.27 bits per heavy atom. The fourth-order valence-corrected chi connectivity index (χ4v) is 2.91. The van der Waals surface area contributed by atoms with Crippen LogP contribution in [0.1, 0.15) is 18.4 Å². The van der Waals surface area contributed by atoms with Crippen LogP contribution in [0.4, 0.5) is 0 Å². The normalized spacial score (nSPS) is 23.5. The van der Waals surface area contributed by atoms with Crippen LogP contribution in [0.3, 0.4) is 0 Å². The second-order valence-corrected chi connectivity index (χ2v) is 5.42. The zero-order chi connectivity index (χ0) is 10.3. The number of benzene rings is 1. The predicted octanol–water partition coefficient (Wildman–Crippen LogP) is 2.00. The molecule has 3 rings (SSSR count). The van der Waals surface area contributed by atoms with Crippen molar-refractivity contribution in [1.82, 2.24) is 10.6 Å². The molecule has 0 bridgehead atoms. The summed E-state index contributed by atoms with van der Waals surface area (Å²) in [6, 6.07) is 9.24. The summed E-state index contributed by atoms with van der Waals surface area (Å²) in [5.41, 5.74) is 1.70. The van der Waals surface area contributed by atoms with Gasteiger partial charge in [0.15, 0.2) is 0 Å². The SMILES string of the molecule is Brc1ccccc1C1(NC2CNC2)CC1. The molecule has 0 spiro atoms. The standard InChI is InChI=1S/C12H15BrN2/c13-11-4-2-1-3-10(11)12(5-6-12)15-9-7-14-8-9/h1-4,9,14-15H,5-8H2. The largest absolute Gasteiger partial charge is 0.314 e. The maximum absolute atomic E-state index is 3.77. The molecule has 80 valence electrons. The zero-order valence-electron chi connectivity index (χ0n) is 8.59. The van der Waals surface area contributed by atoms with Crippen molar-refractivity contribution in [2.45, 2.75) is 24.4 Å². The first-order valence-corrected chi connectivity index (χ1v) is 6.33. The van der Waals surface area contributed by atoms with Gasteiger partial charge in [-0.2, -0.15) is 0 Å². The van der Waals surface area contributed by atoms with Crippen molar-refractivity contribution in [2.75, 3.05) is 13.1 Å². The number of halogens is 1. The van der Waals surface area contributed by atoms with Gasteiger partial charge in [0.1, 0.15) is 0 Å². The molecular weight excluding hydrogens is 252 g/mol. The second-order valence-electron chi connectivity index (χ2n) is 4.56. The third-order valence-electron chi connectivity index (χ3n) is 3.40. The van der Waals surface area contributed by atoms with E-state index in [9.17, 15) is 0 Å². The highest BCUT2D eigenvalue weighted by Gasteiger charge is 2.47. The van der Waals surface area contributed by atoms with E-state index in [0.29, 0.717) is 6.04 Å². The fraction of sp³-hybridized carbons (Fsp3) is 0.500. The molecular formula is C12H15BrN2. The van der Waals surface area contributed by atoms with Crippen LogP contribution in [0.2, 0.25) is 0 Å². The van der Waals surface area contributed by atoms with Crippen LogP contribution < -0.4 is 10.6 Å². The summed E-state index contributed by atoms with van der Waals surface area (Å²) in [6.45, 7) is 2.23. The topological polar surface area (TPSA) is 24.1 Å². The maximum atomic E-state index is 3.77. The van der Waals surface area contributed by atoms with Crippen LogP contribution in [-0.2, 0) is 5.54 Å². The molecule has 0 radical (unpaired) electrons. The van der Waals surface area contributed by atoms with Gasteiger partial charge in [-0.25, -0.2) is 0 Å². The van der Waals surface area contributed by atoms with Crippen molar-refractivity contribution < 1.29 is 0 Å². The average Bonchev–Trinajstić information content (AvgIpc) is 2.94. The van der Waals surface area contributed by atoms with Gasteiger partial charge in [0.25, 0.3) is 0 Å². The van der Waals surface area contributed by atoms with Crippen LogP contribution in [-0.4, -0.2) is 19.1 Å². The third kappa shape index (κ3) is 1.73. The number of hydrogen-bond acceptors (Lipinski definition) is 2. The van der Waals surface area contributed by atoms with Gasteiger partial charge in [-0.3, -0.25) is 0 Å². The molecule has 0 aromatic heterocycles. The van der Waals surface area contributed by atoms with E-state index in [1.165, 1.54) is 22.9 Å². The smallest absolute Gasteiger partial charge is 0.0450 e. The van der Waals surface area contributed by atoms with E-state index in [4.69, 9.17) is 0 Å². The molecule has 0 unspecified atom stereocenters. The predicted molar refractivity (Wildman–Crippen MR) is 64.8 cm³/mol. The summed E-state index contributed by atoms with van der Waals surface area (Å²) in [6.07, 6.45) is 2.54. The molecule has 1 aliphatic carbocycles. The van der Waals surface area contributed by atoms with E-state index >= 15 is 0 Å². The van der Waals surface area contributed by atoms with Crippen LogP contribution in [0.15, 0.2) is 28.7 Å². The van der Waals surface area contributed by atoms with Crippen LogP contribution >= 0.6 is 15.9 Å². The van der Waals surface area contributed by atoms with Gasteiger partial charge in [-0.05, 0) is 24.5 Å². The molecule has 1 saturated heterocycles. The molecule has 2 N–H and O–H groups in total. The summed E-state index contributed by atoms with van der Waals surface area (Å²) >= 11 is 3.65. The minimum atomic E-state index is 0.271. The fourth-order valence-electron chi connectivity index (χ4n) is 2.25. The summed E-state index contributed by atoms with van der Waals surface area (Å²) in [5, 5.41) is 7.07. The van der Waals surface area contributed by atoms with Crippen LogP contribution in [0.5, 0.6) is 0 Å². The zero-order valence-corrected chi connectivity index (χ0v) is 10.2. The molecule has 1 heterocycles. The Morgan fingerprint density at radius 3 is 2.53 bits per heavy atom. The van der Waals surface area contributed by atoms with E-state index < -0.39 is 0 Å². The van der Waals surface area contributed by atoms with Crippen LogP contribution in [0, 0.1) is 0 Å². The monoisotopic (exact) mass is 266 g/mol. The Bertz CT molecular complexity index is 370. The number of hydrogen-bond donors (Lipinski definition) is 2. The lowest BCUT2D eigenvalue weighted by Crippen LogP contribution is -2.58. The Labute approximate surface area is 98.6 Å². The summed E-state index contributed by atoms with van der Waals surface area (Å²) in [4.78, 5) is 0. The third-order valence-corrected chi connectivity index (χ3v) is 4.09. The van der Waals surface area contributed by atoms with E-state index in [0.717, 1.165) is 13.1 Å². The van der Waals surface area contributed by atoms with Gasteiger partial charge in [-0.15, -0.1) is 0 Å². The average molecular weight is 267 g/mol. The Morgan fingerprint density at radius 2 is 2.00 bits per heavy atom. The first-order valence-electron chi connectivity index (χ1n) is 5.54. The van der Waals surface area contributed by atoms with Gasteiger partial charge in [0, 0.05) is 29.1 Å². The molecule has 2 fully saturated rings. The molecule has 1 saturated carbocycles. The summed E-state index contributed by atoms with van der Waals surface area (Å²) < 4.78 is 1.24. The van der Waals surface area contributed by atoms with E-state index in [1.54, 1.807) is 0 Å². The van der Waals surface area contributed by atoms with Crippen molar-refractivity contribution in [3.8, 4) is 0 Å². The van der Waals surface area contributed by atoms with Gasteiger partial charge in [0.05, 0.1) is 0 Å². The molecule has 0 amide bonds. The Hall–Kier alpha value is -0.380. The molecule has 15 heavy (non-hydrogen) atoms. The molecule has 1 aliphatic heterocycles. The minimum Gasteiger partial charge on any atom is -0.314 e. The van der Waals surface area contributed by atoms with Gasteiger partial charge in [0.2, 0.25) is 0 Å². The van der Waals surface area contributed by atoms with E-state index in [2.05, 4.69) is 50.8 Å². The first-order chi connectivity index (χ1) is 7.30. The van der Waals surface area contributed by atoms with Gasteiger partial charge in [-0.1, -0.05) is 34.1 Å². The van der Waals surface area contributed by atoms with Crippen molar-refractivity contribution in [3.63, 3.8) is 0 Å². The van der Waals surface area contributed by atoms with Crippen molar-refractivity contribution in [1.29, 1.82) is 0 Å². The summed E-state index contributed by atoms with van der Waals surface area (Å²) in [5.74, 6) is 0. The van der Waals surface area contributed by atoms with Gasteiger partial charge < -0.3 is 10.6 Å². The highest BCUT2D eigenvalue weighted by Crippen LogP contribution is 2.48. The van der Waals surface area contributed by atoms with Gasteiger partial charge >= 0.3 is 0 Å². The lowest BCUT2D eigenvalue weighted by Gasteiger charge is -2.33. The molecule has 2 aliphatic rings. The summed E-state index contributed by atoms with van der Waals surface area (Å²) in [7, 11) is 0. The lowest BCUT2D eigenvalue weighted by atomic mass is 10.0. The van der Waals surface area contributed by atoms with Crippen molar-refractivity contribution >= 4 is 15.9 Å². The van der Waals surface area contributed by atoms with E-state index in [-0.39, 0.29) is 5.54 Å². The molecule has 1 aromatic carbocycles. The molecule has 1 aromatic rings. The highest BCUT2D eigenvalue weighted by molar-refractivity contribution is 9.10. The van der Waals surface area contributed by atoms with Crippen molar-refractivity contribution in [2.24, 2.45) is 0 Å². The molecule has 3 heteroatoms. The number of nitrogens with one attached hydrogen (secondary N) is 2. The van der Waals surface area contributed by atoms with E-state index in [1.807, 2.05) is 0 Å².